The van der Waals surface area contributed by atoms with E-state index in [1.165, 1.54) is 5.56 Å². The van der Waals surface area contributed by atoms with Crippen LogP contribution in [0.5, 0.6) is 0 Å². The summed E-state index contributed by atoms with van der Waals surface area (Å²) >= 11 is 0. The van der Waals surface area contributed by atoms with E-state index in [0.717, 1.165) is 43.5 Å². The maximum Gasteiger partial charge on any atom is 0.233 e. The molecule has 2 aromatic rings. The zero-order valence-corrected chi connectivity index (χ0v) is 18.3. The largest absolute Gasteiger partial charge is 0.384 e. The summed E-state index contributed by atoms with van der Waals surface area (Å²) in [7, 11) is 0. The lowest BCUT2D eigenvalue weighted by molar-refractivity contribution is -0.143. The van der Waals surface area contributed by atoms with Crippen molar-refractivity contribution in [2.45, 2.75) is 57.3 Å². The van der Waals surface area contributed by atoms with E-state index < -0.39 is 5.41 Å². The van der Waals surface area contributed by atoms with E-state index in [1.54, 1.807) is 0 Å². The van der Waals surface area contributed by atoms with Gasteiger partial charge in [-0.1, -0.05) is 36.8 Å². The standard InChI is InChI=1S/C24H32N4O2/c1-17-6-4-7-19(14-17)24(9-12-30-13-10-24)22(29)28-11-5-8-23(3,16-28)20-15-21(25)27-18(2)26-20/h4,6-7,14-15H,5,8-13,16H2,1-3H3,(H2,25,26,27)/t23-/m1/s1. The molecule has 0 bridgehead atoms. The van der Waals surface area contributed by atoms with Gasteiger partial charge in [-0.3, -0.25) is 4.79 Å². The SMILES string of the molecule is Cc1cccc(C2(C(=O)N3CCC[C@@](C)(c4cc(N)nc(C)n4)C3)CCOCC2)c1. The van der Waals surface area contributed by atoms with Crippen molar-refractivity contribution >= 4 is 11.7 Å². The summed E-state index contributed by atoms with van der Waals surface area (Å²) in [6.45, 7) is 8.80. The summed E-state index contributed by atoms with van der Waals surface area (Å²) in [5.74, 6) is 1.39. The van der Waals surface area contributed by atoms with Gasteiger partial charge in [0.15, 0.2) is 0 Å². The zero-order valence-electron chi connectivity index (χ0n) is 18.3. The molecule has 160 valence electrons. The molecule has 4 rings (SSSR count). The molecule has 0 saturated carbocycles. The number of hydrogen-bond acceptors (Lipinski definition) is 5. The number of carbonyl (C=O) groups is 1. The average Bonchev–Trinajstić information content (AvgIpc) is 2.73. The highest BCUT2D eigenvalue weighted by Crippen LogP contribution is 2.40. The van der Waals surface area contributed by atoms with Gasteiger partial charge in [0.1, 0.15) is 11.6 Å². The fraction of sp³-hybridized carbons (Fsp3) is 0.542. The minimum Gasteiger partial charge on any atom is -0.384 e. The van der Waals surface area contributed by atoms with E-state index in [9.17, 15) is 4.79 Å². The minimum absolute atomic E-state index is 0.223. The number of anilines is 1. The monoisotopic (exact) mass is 408 g/mol. The lowest BCUT2D eigenvalue weighted by atomic mass is 9.71. The molecule has 0 spiro atoms. The van der Waals surface area contributed by atoms with Crippen LogP contribution in [-0.2, 0) is 20.4 Å². The molecule has 3 heterocycles. The van der Waals surface area contributed by atoms with Crippen molar-refractivity contribution in [2.24, 2.45) is 0 Å². The number of benzene rings is 1. The Labute approximate surface area is 178 Å². The van der Waals surface area contributed by atoms with Crippen molar-refractivity contribution in [3.05, 3.63) is 53.0 Å². The molecule has 0 aliphatic carbocycles. The number of rotatable bonds is 3. The Bertz CT molecular complexity index is 918. The molecule has 0 unspecified atom stereocenters. The number of nitrogens with zero attached hydrogens (tertiary/aromatic N) is 3. The van der Waals surface area contributed by atoms with Crippen LogP contribution in [0, 0.1) is 13.8 Å². The molecule has 1 amide bonds. The van der Waals surface area contributed by atoms with Gasteiger partial charge in [0, 0.05) is 37.8 Å². The van der Waals surface area contributed by atoms with Crippen molar-refractivity contribution in [3.8, 4) is 0 Å². The van der Waals surface area contributed by atoms with E-state index in [4.69, 9.17) is 10.5 Å². The molecule has 1 aromatic heterocycles. The summed E-state index contributed by atoms with van der Waals surface area (Å²) in [5.41, 5.74) is 8.49. The Morgan fingerprint density at radius 2 is 1.90 bits per heavy atom. The third kappa shape index (κ3) is 3.81. The molecule has 30 heavy (non-hydrogen) atoms. The van der Waals surface area contributed by atoms with Crippen LogP contribution in [0.3, 0.4) is 0 Å². The quantitative estimate of drug-likeness (QED) is 0.843. The Kier molecular flexibility index (Phi) is 5.53. The first-order chi connectivity index (χ1) is 14.3. The second-order valence-corrected chi connectivity index (χ2v) is 9.18. The Hall–Kier alpha value is -2.47. The highest BCUT2D eigenvalue weighted by molar-refractivity contribution is 5.88. The maximum atomic E-state index is 14.1. The second kappa shape index (κ2) is 7.99. The summed E-state index contributed by atoms with van der Waals surface area (Å²) < 4.78 is 5.65. The number of hydrogen-bond donors (Lipinski definition) is 1. The molecule has 1 aromatic carbocycles. The van der Waals surface area contributed by atoms with Gasteiger partial charge >= 0.3 is 0 Å². The second-order valence-electron chi connectivity index (χ2n) is 9.18. The Balaban J connectivity index is 1.67. The van der Waals surface area contributed by atoms with Crippen molar-refractivity contribution < 1.29 is 9.53 Å². The predicted octanol–water partition coefficient (Wildman–Crippen LogP) is 3.30. The maximum absolute atomic E-state index is 14.1. The van der Waals surface area contributed by atoms with E-state index in [-0.39, 0.29) is 11.3 Å². The van der Waals surface area contributed by atoms with E-state index >= 15 is 0 Å². The van der Waals surface area contributed by atoms with Crippen molar-refractivity contribution in [1.82, 2.24) is 14.9 Å². The van der Waals surface area contributed by atoms with Crippen molar-refractivity contribution in [2.75, 3.05) is 32.0 Å². The van der Waals surface area contributed by atoms with Gasteiger partial charge < -0.3 is 15.4 Å². The molecule has 2 saturated heterocycles. The number of amides is 1. The average molecular weight is 409 g/mol. The van der Waals surface area contributed by atoms with Gasteiger partial charge in [0.2, 0.25) is 5.91 Å². The fourth-order valence-corrected chi connectivity index (χ4v) is 5.11. The Morgan fingerprint density at radius 3 is 2.60 bits per heavy atom. The van der Waals surface area contributed by atoms with Gasteiger partial charge in [-0.2, -0.15) is 0 Å². The molecule has 6 nitrogen and oxygen atoms in total. The summed E-state index contributed by atoms with van der Waals surface area (Å²) in [5, 5.41) is 0. The van der Waals surface area contributed by atoms with Crippen molar-refractivity contribution in [3.63, 3.8) is 0 Å². The molecule has 2 fully saturated rings. The van der Waals surface area contributed by atoms with Crippen LogP contribution in [0.2, 0.25) is 0 Å². The summed E-state index contributed by atoms with van der Waals surface area (Å²) in [4.78, 5) is 25.0. The van der Waals surface area contributed by atoms with Crippen LogP contribution in [0.4, 0.5) is 5.82 Å². The third-order valence-electron chi connectivity index (χ3n) is 6.79. The van der Waals surface area contributed by atoms with E-state index in [1.807, 2.05) is 13.0 Å². The summed E-state index contributed by atoms with van der Waals surface area (Å²) in [6.07, 6.45) is 3.38. The number of aromatic nitrogens is 2. The molecular formula is C24H32N4O2. The molecular weight excluding hydrogens is 376 g/mol. The predicted molar refractivity (Wildman–Crippen MR) is 117 cm³/mol. The van der Waals surface area contributed by atoms with Crippen LogP contribution >= 0.6 is 0 Å². The number of aryl methyl sites for hydroxylation is 2. The molecule has 2 N–H and O–H groups in total. The van der Waals surface area contributed by atoms with Crippen LogP contribution in [0.15, 0.2) is 30.3 Å². The minimum atomic E-state index is -0.511. The van der Waals surface area contributed by atoms with E-state index in [2.05, 4.69) is 53.0 Å². The molecule has 2 aliphatic rings. The lowest BCUT2D eigenvalue weighted by Crippen LogP contribution is -2.55. The molecule has 1 atom stereocenters. The first kappa shape index (κ1) is 20.8. The Morgan fingerprint density at radius 1 is 1.13 bits per heavy atom. The first-order valence-electron chi connectivity index (χ1n) is 10.9. The van der Waals surface area contributed by atoms with Gasteiger partial charge in [0.05, 0.1) is 11.1 Å². The lowest BCUT2D eigenvalue weighted by Gasteiger charge is -2.46. The smallest absolute Gasteiger partial charge is 0.233 e. The van der Waals surface area contributed by atoms with Gasteiger partial charge in [-0.25, -0.2) is 9.97 Å². The van der Waals surface area contributed by atoms with Crippen LogP contribution in [0.1, 0.15) is 55.3 Å². The fourth-order valence-electron chi connectivity index (χ4n) is 5.11. The van der Waals surface area contributed by atoms with Crippen LogP contribution < -0.4 is 5.73 Å². The van der Waals surface area contributed by atoms with Crippen LogP contribution in [0.25, 0.3) is 0 Å². The summed E-state index contributed by atoms with van der Waals surface area (Å²) in [6, 6.07) is 10.3. The molecule has 0 radical (unpaired) electrons. The highest BCUT2D eigenvalue weighted by Gasteiger charge is 2.46. The van der Waals surface area contributed by atoms with Crippen LogP contribution in [-0.4, -0.2) is 47.1 Å². The zero-order chi connectivity index (χ0) is 21.4. The third-order valence-corrected chi connectivity index (χ3v) is 6.79. The van der Waals surface area contributed by atoms with E-state index in [0.29, 0.717) is 31.4 Å². The first-order valence-corrected chi connectivity index (χ1v) is 10.9. The topological polar surface area (TPSA) is 81.3 Å². The van der Waals surface area contributed by atoms with Gasteiger partial charge in [-0.15, -0.1) is 0 Å². The molecule has 2 aliphatic heterocycles. The highest BCUT2D eigenvalue weighted by atomic mass is 16.5. The molecule has 6 heteroatoms. The van der Waals surface area contributed by atoms with Gasteiger partial charge in [-0.05, 0) is 45.1 Å². The number of likely N-dealkylation sites (tertiary alicyclic amines) is 1. The number of nitrogen functional groups attached to an aromatic ring is 1. The van der Waals surface area contributed by atoms with Crippen molar-refractivity contribution in [1.29, 1.82) is 0 Å². The van der Waals surface area contributed by atoms with Gasteiger partial charge in [0.25, 0.3) is 0 Å². The number of nitrogens with two attached hydrogens (primary N) is 1. The number of carbonyl (C=O) groups excluding carboxylic acids is 1. The normalized spacial score (nSPS) is 23.9. The number of ether oxygens (including phenoxy) is 1. The number of piperidine rings is 1.